The third-order valence-electron chi connectivity index (χ3n) is 2.61. The summed E-state index contributed by atoms with van der Waals surface area (Å²) in [6.45, 7) is 5.07. The fourth-order valence-electron chi connectivity index (χ4n) is 1.56. The first-order valence-electron chi connectivity index (χ1n) is 6.78. The molecule has 2 N–H and O–H groups in total. The Labute approximate surface area is 106 Å². The van der Waals surface area contributed by atoms with Crippen molar-refractivity contribution >= 4 is 5.96 Å². The summed E-state index contributed by atoms with van der Waals surface area (Å²) in [5.74, 6) is 0.924. The summed E-state index contributed by atoms with van der Waals surface area (Å²) in [5, 5.41) is 6.64. The predicted octanol–water partition coefficient (Wildman–Crippen LogP) is 2.16. The van der Waals surface area contributed by atoms with Crippen molar-refractivity contribution in [3.05, 3.63) is 0 Å². The van der Waals surface area contributed by atoms with Crippen molar-refractivity contribution in [2.24, 2.45) is 4.99 Å². The predicted molar refractivity (Wildman–Crippen MR) is 74.6 cm³/mol. The molecule has 0 fully saturated rings. The van der Waals surface area contributed by atoms with E-state index in [-0.39, 0.29) is 0 Å². The summed E-state index contributed by atoms with van der Waals surface area (Å²) in [5.41, 5.74) is 0. The number of methoxy groups -OCH3 is 1. The maximum Gasteiger partial charge on any atom is 0.190 e. The highest BCUT2D eigenvalue weighted by atomic mass is 16.5. The van der Waals surface area contributed by atoms with Gasteiger partial charge in [0.2, 0.25) is 0 Å². The molecule has 0 atom stereocenters. The van der Waals surface area contributed by atoms with Gasteiger partial charge < -0.3 is 15.4 Å². The van der Waals surface area contributed by atoms with Gasteiger partial charge in [0.15, 0.2) is 5.96 Å². The molecule has 0 saturated carbocycles. The molecule has 0 unspecified atom stereocenters. The number of aliphatic imine (C=N–C) groups is 1. The lowest BCUT2D eigenvalue weighted by Crippen LogP contribution is -2.38. The van der Waals surface area contributed by atoms with Crippen LogP contribution in [0.2, 0.25) is 0 Å². The number of ether oxygens (including phenoxy) is 1. The molecule has 0 radical (unpaired) electrons. The normalized spacial score (nSPS) is 11.6. The van der Waals surface area contributed by atoms with Crippen molar-refractivity contribution in [1.82, 2.24) is 10.6 Å². The van der Waals surface area contributed by atoms with Gasteiger partial charge in [-0.15, -0.1) is 0 Å². The summed E-state index contributed by atoms with van der Waals surface area (Å²) in [7, 11) is 3.57. The number of nitrogens with one attached hydrogen (secondary N) is 2. The van der Waals surface area contributed by atoms with E-state index in [1.165, 1.54) is 32.1 Å². The smallest absolute Gasteiger partial charge is 0.190 e. The van der Waals surface area contributed by atoms with Crippen molar-refractivity contribution in [3.8, 4) is 0 Å². The minimum Gasteiger partial charge on any atom is -0.385 e. The van der Waals surface area contributed by atoms with Gasteiger partial charge in [-0.1, -0.05) is 19.8 Å². The highest BCUT2D eigenvalue weighted by Crippen LogP contribution is 1.94. The maximum absolute atomic E-state index is 5.01. The van der Waals surface area contributed by atoms with Crippen LogP contribution in [-0.2, 0) is 4.74 Å². The largest absolute Gasteiger partial charge is 0.385 e. The van der Waals surface area contributed by atoms with Gasteiger partial charge in [0.05, 0.1) is 0 Å². The summed E-state index contributed by atoms with van der Waals surface area (Å²) in [4.78, 5) is 4.19. The molecule has 4 heteroatoms. The maximum atomic E-state index is 5.01. The minimum atomic E-state index is 0.865. The first-order valence-corrected chi connectivity index (χ1v) is 6.78. The fraction of sp³-hybridized carbons (Fsp3) is 0.923. The van der Waals surface area contributed by atoms with E-state index in [1.54, 1.807) is 7.11 Å². The Morgan fingerprint density at radius 1 is 1.00 bits per heavy atom. The van der Waals surface area contributed by atoms with Crippen LogP contribution in [0, 0.1) is 0 Å². The molecule has 0 bridgehead atoms. The second kappa shape index (κ2) is 13.3. The molecule has 0 aliphatic carbocycles. The number of guanidine groups is 1. The van der Waals surface area contributed by atoms with E-state index in [0.717, 1.165) is 32.1 Å². The number of hydrogen-bond donors (Lipinski definition) is 2. The van der Waals surface area contributed by atoms with Crippen LogP contribution in [0.1, 0.15) is 45.4 Å². The lowest BCUT2D eigenvalue weighted by atomic mass is 10.2. The third-order valence-corrected chi connectivity index (χ3v) is 2.61. The first-order chi connectivity index (χ1) is 8.35. The highest BCUT2D eigenvalue weighted by molar-refractivity contribution is 5.79. The van der Waals surface area contributed by atoms with Gasteiger partial charge in [0.1, 0.15) is 0 Å². The molecule has 0 aromatic rings. The number of nitrogens with zero attached hydrogens (tertiary/aromatic N) is 1. The monoisotopic (exact) mass is 243 g/mol. The van der Waals surface area contributed by atoms with E-state index in [1.807, 2.05) is 7.05 Å². The zero-order valence-corrected chi connectivity index (χ0v) is 11.7. The molecule has 0 rings (SSSR count). The summed E-state index contributed by atoms with van der Waals surface area (Å²) in [6.07, 6.45) is 7.26. The van der Waals surface area contributed by atoms with Crippen molar-refractivity contribution in [1.29, 1.82) is 0 Å². The zero-order valence-electron chi connectivity index (χ0n) is 11.7. The van der Waals surface area contributed by atoms with Crippen LogP contribution in [0.15, 0.2) is 4.99 Å². The number of unbranched alkanes of at least 4 members (excludes halogenated alkanes) is 4. The van der Waals surface area contributed by atoms with Crippen LogP contribution in [0.3, 0.4) is 0 Å². The summed E-state index contributed by atoms with van der Waals surface area (Å²) >= 11 is 0. The molecule has 0 aromatic heterocycles. The lowest BCUT2D eigenvalue weighted by Gasteiger charge is -2.11. The van der Waals surface area contributed by atoms with Gasteiger partial charge in [-0.3, -0.25) is 4.99 Å². The van der Waals surface area contributed by atoms with E-state index >= 15 is 0 Å². The number of rotatable bonds is 10. The molecule has 0 aliphatic rings. The van der Waals surface area contributed by atoms with E-state index in [0.29, 0.717) is 0 Å². The van der Waals surface area contributed by atoms with Crippen LogP contribution in [0.5, 0.6) is 0 Å². The second-order valence-electron chi connectivity index (χ2n) is 4.19. The Hall–Kier alpha value is -0.770. The van der Waals surface area contributed by atoms with Crippen LogP contribution in [0.25, 0.3) is 0 Å². The molecule has 0 aromatic carbocycles. The Morgan fingerprint density at radius 2 is 1.65 bits per heavy atom. The molecule has 0 spiro atoms. The van der Waals surface area contributed by atoms with E-state index in [4.69, 9.17) is 4.74 Å². The van der Waals surface area contributed by atoms with Crippen molar-refractivity contribution in [3.63, 3.8) is 0 Å². The van der Waals surface area contributed by atoms with Gasteiger partial charge in [-0.05, 0) is 25.7 Å². The SMILES string of the molecule is CCCCCNC(=NC)NCCCCCOC. The van der Waals surface area contributed by atoms with Crippen LogP contribution in [0.4, 0.5) is 0 Å². The van der Waals surface area contributed by atoms with Crippen LogP contribution in [-0.4, -0.2) is 39.8 Å². The van der Waals surface area contributed by atoms with Crippen molar-refractivity contribution < 1.29 is 4.74 Å². The zero-order chi connectivity index (χ0) is 12.8. The van der Waals surface area contributed by atoms with E-state index in [2.05, 4.69) is 22.5 Å². The van der Waals surface area contributed by atoms with Crippen LogP contribution >= 0.6 is 0 Å². The average Bonchev–Trinajstić information content (AvgIpc) is 2.36. The first kappa shape index (κ1) is 16.2. The molecule has 102 valence electrons. The molecule has 17 heavy (non-hydrogen) atoms. The topological polar surface area (TPSA) is 45.7 Å². The Balaban J connectivity index is 3.36. The highest BCUT2D eigenvalue weighted by Gasteiger charge is 1.96. The molecule has 0 amide bonds. The average molecular weight is 243 g/mol. The van der Waals surface area contributed by atoms with Gasteiger partial charge in [-0.25, -0.2) is 0 Å². The van der Waals surface area contributed by atoms with Gasteiger partial charge in [0, 0.05) is 33.9 Å². The lowest BCUT2D eigenvalue weighted by molar-refractivity contribution is 0.192. The molecular formula is C13H29N3O. The summed E-state index contributed by atoms with van der Waals surface area (Å²) in [6, 6.07) is 0. The second-order valence-corrected chi connectivity index (χ2v) is 4.19. The molecular weight excluding hydrogens is 214 g/mol. The van der Waals surface area contributed by atoms with Crippen molar-refractivity contribution in [2.75, 3.05) is 33.9 Å². The standard InChI is InChI=1S/C13H29N3O/c1-4-5-7-10-15-13(14-2)16-11-8-6-9-12-17-3/h4-12H2,1-3H3,(H2,14,15,16). The van der Waals surface area contributed by atoms with E-state index < -0.39 is 0 Å². The molecule has 0 heterocycles. The molecule has 0 saturated heterocycles. The van der Waals surface area contributed by atoms with E-state index in [9.17, 15) is 0 Å². The van der Waals surface area contributed by atoms with Gasteiger partial charge >= 0.3 is 0 Å². The van der Waals surface area contributed by atoms with Crippen LogP contribution < -0.4 is 10.6 Å². The van der Waals surface area contributed by atoms with Crippen molar-refractivity contribution in [2.45, 2.75) is 45.4 Å². The quantitative estimate of drug-likeness (QED) is 0.351. The molecule has 0 aliphatic heterocycles. The number of hydrogen-bond acceptors (Lipinski definition) is 2. The Bertz CT molecular complexity index is 184. The third kappa shape index (κ3) is 11.5. The molecule has 4 nitrogen and oxygen atoms in total. The van der Waals surface area contributed by atoms with Gasteiger partial charge in [0.25, 0.3) is 0 Å². The Morgan fingerprint density at radius 3 is 2.18 bits per heavy atom. The fourth-order valence-corrected chi connectivity index (χ4v) is 1.56. The van der Waals surface area contributed by atoms with Gasteiger partial charge in [-0.2, -0.15) is 0 Å². The Kier molecular flexibility index (Phi) is 12.7. The minimum absolute atomic E-state index is 0.865. The summed E-state index contributed by atoms with van der Waals surface area (Å²) < 4.78 is 5.01.